The van der Waals surface area contributed by atoms with Crippen LogP contribution in [0.15, 0.2) is 22.4 Å². The zero-order valence-corrected chi connectivity index (χ0v) is 8.70. The van der Waals surface area contributed by atoms with Gasteiger partial charge in [0.15, 0.2) is 17.5 Å². The molecule has 1 aromatic carbocycles. The highest BCUT2D eigenvalue weighted by molar-refractivity contribution is 5.99. The maximum atomic E-state index is 13.8. The summed E-state index contributed by atoms with van der Waals surface area (Å²) in [5.74, 6) is -6.05. The number of halogens is 5. The van der Waals surface area contributed by atoms with E-state index in [1.54, 1.807) is 0 Å². The molecule has 0 bridgehead atoms. The van der Waals surface area contributed by atoms with Gasteiger partial charge in [0.05, 0.1) is 5.56 Å². The Morgan fingerprint density at radius 1 is 0.947 bits per heavy atom. The number of imide groups is 1. The number of hydrogen-bond acceptors (Lipinski definition) is 2. The van der Waals surface area contributed by atoms with Crippen molar-refractivity contribution in [2.45, 2.75) is 6.05 Å². The summed E-state index contributed by atoms with van der Waals surface area (Å²) in [5.41, 5.74) is -1.68. The zero-order chi connectivity index (χ0) is 14.4. The third kappa shape index (κ3) is 1.84. The summed E-state index contributed by atoms with van der Waals surface area (Å²) in [5, 5.41) is 5.10. The van der Waals surface area contributed by atoms with Crippen LogP contribution >= 0.6 is 0 Å². The number of azo groups is 1. The Morgan fingerprint density at radius 3 is 2.00 bits per heavy atom. The van der Waals surface area contributed by atoms with Crippen LogP contribution in [0, 0.1) is 17.5 Å². The van der Waals surface area contributed by atoms with Gasteiger partial charge >= 0.3 is 18.1 Å². The SMILES string of the molecule is O=C1N=NC(=O)N1C(F)(F)c1ccc(F)c(F)c1F. The molecule has 0 unspecified atom stereocenters. The van der Waals surface area contributed by atoms with E-state index in [1.807, 2.05) is 0 Å². The van der Waals surface area contributed by atoms with Gasteiger partial charge in [-0.15, -0.1) is 0 Å². The number of nitrogens with zero attached hydrogens (tertiary/aromatic N) is 3. The lowest BCUT2D eigenvalue weighted by Gasteiger charge is -2.23. The van der Waals surface area contributed by atoms with Crippen molar-refractivity contribution in [1.29, 1.82) is 0 Å². The molecule has 1 heterocycles. The molecule has 0 saturated carbocycles. The molecule has 0 saturated heterocycles. The molecule has 2 rings (SSSR count). The zero-order valence-electron chi connectivity index (χ0n) is 8.70. The van der Waals surface area contributed by atoms with E-state index in [4.69, 9.17) is 0 Å². The molecule has 0 radical (unpaired) electrons. The first-order valence-electron chi connectivity index (χ1n) is 4.58. The van der Waals surface area contributed by atoms with Gasteiger partial charge < -0.3 is 0 Å². The molecule has 0 N–H and O–H groups in total. The van der Waals surface area contributed by atoms with Gasteiger partial charge in [-0.25, -0.2) is 22.8 Å². The van der Waals surface area contributed by atoms with E-state index in [2.05, 4.69) is 10.2 Å². The van der Waals surface area contributed by atoms with Crippen LogP contribution in [-0.4, -0.2) is 17.0 Å². The van der Waals surface area contributed by atoms with Gasteiger partial charge in [-0.3, -0.25) is 0 Å². The molecule has 1 aliphatic rings. The predicted octanol–water partition coefficient (Wildman–Crippen LogP) is 3.16. The van der Waals surface area contributed by atoms with Crippen LogP contribution in [0.1, 0.15) is 5.56 Å². The molecule has 100 valence electrons. The summed E-state index contributed by atoms with van der Waals surface area (Å²) in [6, 6.07) is -7.57. The summed E-state index contributed by atoms with van der Waals surface area (Å²) in [6.45, 7) is 0. The van der Waals surface area contributed by atoms with Crippen LogP contribution in [0.2, 0.25) is 0 Å². The van der Waals surface area contributed by atoms with Crippen molar-refractivity contribution in [2.24, 2.45) is 10.2 Å². The molecule has 1 aromatic rings. The van der Waals surface area contributed by atoms with Crippen LogP contribution in [0.4, 0.5) is 31.5 Å². The Bertz CT molecular complexity index is 598. The van der Waals surface area contributed by atoms with E-state index in [-0.39, 0.29) is 12.1 Å². The molecule has 0 aliphatic carbocycles. The molecule has 4 amide bonds. The number of benzene rings is 1. The van der Waals surface area contributed by atoms with Gasteiger partial charge in [0.25, 0.3) is 0 Å². The number of rotatable bonds is 2. The van der Waals surface area contributed by atoms with E-state index in [0.717, 1.165) is 0 Å². The van der Waals surface area contributed by atoms with Crippen molar-refractivity contribution in [2.75, 3.05) is 0 Å². The van der Waals surface area contributed by atoms with Crippen LogP contribution in [0.25, 0.3) is 0 Å². The van der Waals surface area contributed by atoms with Gasteiger partial charge in [0.1, 0.15) is 0 Å². The topological polar surface area (TPSA) is 62.1 Å². The fourth-order valence-corrected chi connectivity index (χ4v) is 1.38. The highest BCUT2D eigenvalue weighted by Gasteiger charge is 2.51. The monoisotopic (exact) mass is 279 g/mol. The van der Waals surface area contributed by atoms with E-state index in [1.165, 1.54) is 0 Å². The highest BCUT2D eigenvalue weighted by Crippen LogP contribution is 2.37. The molecule has 0 aromatic heterocycles. The third-order valence-electron chi connectivity index (χ3n) is 2.24. The first-order chi connectivity index (χ1) is 8.76. The Balaban J connectivity index is 2.54. The van der Waals surface area contributed by atoms with Crippen molar-refractivity contribution in [3.8, 4) is 0 Å². The first-order valence-corrected chi connectivity index (χ1v) is 4.58. The standard InChI is InChI=1S/C9H2F5N3O2/c10-4-2-1-3(5(11)6(4)12)9(13,14)17-7(18)15-16-8(17)19/h1-2H. The number of hydrogen-bond donors (Lipinski definition) is 0. The molecule has 5 nitrogen and oxygen atoms in total. The fourth-order valence-electron chi connectivity index (χ4n) is 1.38. The van der Waals surface area contributed by atoms with E-state index in [0.29, 0.717) is 0 Å². The summed E-state index contributed by atoms with van der Waals surface area (Å²) in [4.78, 5) is 21.1. The second kappa shape index (κ2) is 4.07. The summed E-state index contributed by atoms with van der Waals surface area (Å²) in [7, 11) is 0. The van der Waals surface area contributed by atoms with E-state index < -0.39 is 46.0 Å². The first kappa shape index (κ1) is 13.1. The maximum Gasteiger partial charge on any atom is 0.375 e. The minimum atomic E-state index is -4.55. The van der Waals surface area contributed by atoms with Crippen LogP contribution < -0.4 is 0 Å². The van der Waals surface area contributed by atoms with Crippen molar-refractivity contribution in [3.63, 3.8) is 0 Å². The molecule has 0 atom stereocenters. The summed E-state index contributed by atoms with van der Waals surface area (Å²) in [6.07, 6.45) is 0. The minimum Gasteiger partial charge on any atom is -0.244 e. The molecular formula is C9H2F5N3O2. The van der Waals surface area contributed by atoms with Crippen LogP contribution in [-0.2, 0) is 6.05 Å². The fraction of sp³-hybridized carbons (Fsp3) is 0.111. The number of amides is 4. The Labute approximate surface area is 101 Å². The van der Waals surface area contributed by atoms with Gasteiger partial charge in [-0.2, -0.15) is 13.7 Å². The van der Waals surface area contributed by atoms with Crippen LogP contribution in [0.5, 0.6) is 0 Å². The lowest BCUT2D eigenvalue weighted by molar-refractivity contribution is -0.102. The third-order valence-corrected chi connectivity index (χ3v) is 2.24. The quantitative estimate of drug-likeness (QED) is 0.474. The van der Waals surface area contributed by atoms with Gasteiger partial charge in [-0.1, -0.05) is 10.2 Å². The number of carbonyl (C=O) groups excluding carboxylic acids is 2. The van der Waals surface area contributed by atoms with Crippen molar-refractivity contribution in [1.82, 2.24) is 4.90 Å². The molecular weight excluding hydrogens is 277 g/mol. The molecule has 10 heteroatoms. The Kier molecular flexibility index (Phi) is 2.80. The number of carbonyl (C=O) groups is 2. The second-order valence-corrected chi connectivity index (χ2v) is 3.36. The molecule has 1 aliphatic heterocycles. The molecule has 19 heavy (non-hydrogen) atoms. The number of alkyl halides is 2. The Morgan fingerprint density at radius 2 is 1.47 bits per heavy atom. The maximum absolute atomic E-state index is 13.8. The highest BCUT2D eigenvalue weighted by atomic mass is 19.3. The second-order valence-electron chi connectivity index (χ2n) is 3.36. The normalized spacial score (nSPS) is 15.5. The van der Waals surface area contributed by atoms with Crippen molar-refractivity contribution < 1.29 is 31.5 Å². The van der Waals surface area contributed by atoms with Crippen LogP contribution in [0.3, 0.4) is 0 Å². The smallest absolute Gasteiger partial charge is 0.244 e. The lowest BCUT2D eigenvalue weighted by Crippen LogP contribution is -2.43. The van der Waals surface area contributed by atoms with E-state index in [9.17, 15) is 31.5 Å². The number of urea groups is 2. The summed E-state index contributed by atoms with van der Waals surface area (Å²) < 4.78 is 66.3. The molecule has 0 spiro atoms. The predicted molar refractivity (Wildman–Crippen MR) is 47.7 cm³/mol. The molecule has 0 fully saturated rings. The largest absolute Gasteiger partial charge is 0.375 e. The van der Waals surface area contributed by atoms with Crippen molar-refractivity contribution >= 4 is 12.1 Å². The minimum absolute atomic E-state index is 0.215. The summed E-state index contributed by atoms with van der Waals surface area (Å²) >= 11 is 0. The van der Waals surface area contributed by atoms with E-state index >= 15 is 0 Å². The average molecular weight is 279 g/mol. The Hall–Kier alpha value is -2.39. The van der Waals surface area contributed by atoms with Crippen molar-refractivity contribution in [3.05, 3.63) is 35.1 Å². The van der Waals surface area contributed by atoms with Gasteiger partial charge in [-0.05, 0) is 12.1 Å². The van der Waals surface area contributed by atoms with Gasteiger partial charge in [0, 0.05) is 0 Å². The average Bonchev–Trinajstić information content (AvgIpc) is 2.66. The lowest BCUT2D eigenvalue weighted by atomic mass is 10.1. The van der Waals surface area contributed by atoms with Gasteiger partial charge in [0.2, 0.25) is 0 Å².